The summed E-state index contributed by atoms with van der Waals surface area (Å²) in [6.45, 7) is 9.13. The smallest absolute Gasteiger partial charge is 0.247 e. The van der Waals surface area contributed by atoms with Crippen molar-refractivity contribution in [3.05, 3.63) is 83.3 Å². The van der Waals surface area contributed by atoms with Crippen LogP contribution < -0.4 is 16.0 Å². The molecule has 1 fully saturated rings. The number of nitrogens with zero attached hydrogens (tertiary/aromatic N) is 3. The van der Waals surface area contributed by atoms with Crippen LogP contribution in [-0.2, 0) is 32.0 Å². The van der Waals surface area contributed by atoms with E-state index in [1.165, 1.54) is 0 Å². The number of halogens is 1. The highest BCUT2D eigenvalue weighted by Gasteiger charge is 2.25. The van der Waals surface area contributed by atoms with E-state index in [-0.39, 0.29) is 37.1 Å². The minimum absolute atomic E-state index is 0.192. The van der Waals surface area contributed by atoms with Crippen LogP contribution in [0.15, 0.2) is 67.0 Å². The molecule has 1 aromatic carbocycles. The largest absolute Gasteiger partial charge is 0.379 e. The normalized spacial score (nSPS) is 15.2. The highest BCUT2D eigenvalue weighted by Crippen LogP contribution is 2.13. The molecule has 3 heterocycles. The maximum atomic E-state index is 13.6. The van der Waals surface area contributed by atoms with Crippen molar-refractivity contribution in [1.29, 1.82) is 0 Å². The van der Waals surface area contributed by atoms with E-state index in [0.717, 1.165) is 18.7 Å². The number of fused-ring (bicyclic) bond motifs is 1. The van der Waals surface area contributed by atoms with E-state index < -0.39 is 12.1 Å². The number of pyridine rings is 1. The monoisotopic (exact) mass is 580 g/mol. The van der Waals surface area contributed by atoms with Crippen LogP contribution in [0.3, 0.4) is 0 Å². The predicted octanol–water partition coefficient (Wildman–Crippen LogP) is 2.16. The Bertz CT molecular complexity index is 1360. The van der Waals surface area contributed by atoms with E-state index in [2.05, 4.69) is 32.4 Å². The van der Waals surface area contributed by atoms with Gasteiger partial charge in [-0.15, -0.1) is 0 Å². The van der Waals surface area contributed by atoms with Gasteiger partial charge in [-0.3, -0.25) is 19.3 Å². The Labute approximate surface area is 245 Å². The zero-order chi connectivity index (χ0) is 29.2. The molecule has 2 unspecified atom stereocenters. The van der Waals surface area contributed by atoms with E-state index in [1.54, 1.807) is 35.9 Å². The van der Waals surface area contributed by atoms with Crippen molar-refractivity contribution in [3.8, 4) is 0 Å². The summed E-state index contributed by atoms with van der Waals surface area (Å²) in [5.41, 5.74) is 2.78. The number of ether oxygens (including phenoxy) is 1. The molecular weight excluding hydrogens is 544 g/mol. The van der Waals surface area contributed by atoms with Gasteiger partial charge in [0, 0.05) is 57.0 Å². The maximum absolute atomic E-state index is 13.6. The van der Waals surface area contributed by atoms with Gasteiger partial charge in [0.15, 0.2) is 0 Å². The molecular formula is C30H37ClN6O4. The van der Waals surface area contributed by atoms with Gasteiger partial charge in [-0.25, -0.2) is 4.98 Å². The Morgan fingerprint density at radius 2 is 1.80 bits per heavy atom. The fourth-order valence-corrected chi connectivity index (χ4v) is 4.82. The lowest BCUT2D eigenvalue weighted by Crippen LogP contribution is -2.53. The summed E-state index contributed by atoms with van der Waals surface area (Å²) in [6.07, 6.45) is 4.45. The summed E-state index contributed by atoms with van der Waals surface area (Å²) < 4.78 is 7.16. The molecule has 1 aliphatic rings. The van der Waals surface area contributed by atoms with E-state index in [9.17, 15) is 14.4 Å². The SMILES string of the molecule is C=C(CN1CCOCC1)C(=O)NCC(Cc1ccccc1)NC(=O)C(Cc1cn2cc(Cl)ccc2n1)NC(=O)CC. The molecule has 0 aliphatic carbocycles. The first-order valence-electron chi connectivity index (χ1n) is 13.8. The van der Waals surface area contributed by atoms with Crippen LogP contribution in [-0.4, -0.2) is 83.5 Å². The molecule has 0 spiro atoms. The number of morpholine rings is 1. The molecule has 10 nitrogen and oxygen atoms in total. The van der Waals surface area contributed by atoms with E-state index >= 15 is 0 Å². The van der Waals surface area contributed by atoms with Crippen LogP contribution in [0.2, 0.25) is 5.02 Å². The number of carbonyl (C=O) groups is 3. The third kappa shape index (κ3) is 9.14. The molecule has 2 aromatic heterocycles. The number of hydrogen-bond acceptors (Lipinski definition) is 6. The Balaban J connectivity index is 1.44. The van der Waals surface area contributed by atoms with E-state index in [0.29, 0.717) is 48.1 Å². The van der Waals surface area contributed by atoms with Crippen LogP contribution in [0.4, 0.5) is 0 Å². The lowest BCUT2D eigenvalue weighted by Gasteiger charge is -2.27. The molecule has 0 radical (unpaired) electrons. The fraction of sp³-hybridized carbons (Fsp3) is 0.400. The average Bonchev–Trinajstić information content (AvgIpc) is 3.37. The number of carbonyl (C=O) groups excluding carboxylic acids is 3. The van der Waals surface area contributed by atoms with Crippen molar-refractivity contribution in [1.82, 2.24) is 30.2 Å². The summed E-state index contributed by atoms with van der Waals surface area (Å²) in [6, 6.07) is 12.0. The van der Waals surface area contributed by atoms with Crippen molar-refractivity contribution in [2.45, 2.75) is 38.3 Å². The fourth-order valence-electron chi connectivity index (χ4n) is 4.65. The minimum Gasteiger partial charge on any atom is -0.379 e. The zero-order valence-corrected chi connectivity index (χ0v) is 24.0. The van der Waals surface area contributed by atoms with E-state index in [1.807, 2.05) is 30.3 Å². The molecule has 218 valence electrons. The van der Waals surface area contributed by atoms with Crippen LogP contribution >= 0.6 is 11.6 Å². The summed E-state index contributed by atoms with van der Waals surface area (Å²) in [5.74, 6) is -0.864. The Morgan fingerprint density at radius 1 is 1.05 bits per heavy atom. The third-order valence-corrected chi connectivity index (χ3v) is 7.09. The lowest BCUT2D eigenvalue weighted by atomic mass is 10.0. The topological polar surface area (TPSA) is 117 Å². The number of aromatic nitrogens is 2. The third-order valence-electron chi connectivity index (χ3n) is 6.87. The number of benzene rings is 1. The summed E-state index contributed by atoms with van der Waals surface area (Å²) >= 11 is 6.10. The zero-order valence-electron chi connectivity index (χ0n) is 23.3. The quantitative estimate of drug-likeness (QED) is 0.267. The van der Waals surface area contributed by atoms with E-state index in [4.69, 9.17) is 16.3 Å². The first-order valence-corrected chi connectivity index (χ1v) is 14.2. The standard InChI is InChI=1S/C30H37ClN6O4/c1-3-28(38)35-26(16-25-20-37-19-23(31)9-10-27(37)33-25)30(40)34-24(15-22-7-5-4-6-8-22)17-32-29(39)21(2)18-36-11-13-41-14-12-36/h4-10,19-20,24,26H,2-3,11-18H2,1H3,(H,32,39)(H,34,40)(H,35,38). The molecule has 3 aromatic rings. The molecule has 41 heavy (non-hydrogen) atoms. The van der Waals surface area contributed by atoms with Crippen molar-refractivity contribution >= 4 is 35.0 Å². The number of imidazole rings is 1. The van der Waals surface area contributed by atoms with Gasteiger partial charge in [-0.2, -0.15) is 0 Å². The lowest BCUT2D eigenvalue weighted by molar-refractivity contribution is -0.129. The average molecular weight is 581 g/mol. The van der Waals surface area contributed by atoms with Crippen LogP contribution in [0, 0.1) is 0 Å². The number of nitrogens with one attached hydrogen (secondary N) is 3. The molecule has 0 bridgehead atoms. The summed E-state index contributed by atoms with van der Waals surface area (Å²) in [7, 11) is 0. The van der Waals surface area contributed by atoms with Crippen LogP contribution in [0.1, 0.15) is 24.6 Å². The van der Waals surface area contributed by atoms with Gasteiger partial charge in [0.05, 0.1) is 30.0 Å². The highest BCUT2D eigenvalue weighted by atomic mass is 35.5. The number of amides is 3. The van der Waals surface area contributed by atoms with Crippen molar-refractivity contribution < 1.29 is 19.1 Å². The van der Waals surface area contributed by atoms with Gasteiger partial charge in [0.25, 0.3) is 0 Å². The van der Waals surface area contributed by atoms with Crippen LogP contribution in [0.25, 0.3) is 5.65 Å². The van der Waals surface area contributed by atoms with Crippen LogP contribution in [0.5, 0.6) is 0 Å². The second kappa shape index (κ2) is 14.8. The molecule has 4 rings (SSSR count). The van der Waals surface area contributed by atoms with Gasteiger partial charge in [0.2, 0.25) is 17.7 Å². The molecule has 3 N–H and O–H groups in total. The van der Waals surface area contributed by atoms with Gasteiger partial charge < -0.3 is 25.1 Å². The number of hydrogen-bond donors (Lipinski definition) is 3. The Morgan fingerprint density at radius 3 is 2.54 bits per heavy atom. The molecule has 0 saturated carbocycles. The summed E-state index contributed by atoms with van der Waals surface area (Å²) in [5, 5.41) is 9.38. The minimum atomic E-state index is -0.854. The first-order chi connectivity index (χ1) is 19.8. The van der Waals surface area contributed by atoms with Crippen molar-refractivity contribution in [3.63, 3.8) is 0 Å². The molecule has 1 aliphatic heterocycles. The van der Waals surface area contributed by atoms with Crippen molar-refractivity contribution in [2.24, 2.45) is 0 Å². The second-order valence-electron chi connectivity index (χ2n) is 10.1. The molecule has 2 atom stereocenters. The van der Waals surface area contributed by atoms with Gasteiger partial charge in [-0.1, -0.05) is 55.4 Å². The van der Waals surface area contributed by atoms with Gasteiger partial charge in [-0.05, 0) is 24.1 Å². The van der Waals surface area contributed by atoms with Gasteiger partial charge in [0.1, 0.15) is 11.7 Å². The molecule has 1 saturated heterocycles. The second-order valence-corrected chi connectivity index (χ2v) is 10.6. The van der Waals surface area contributed by atoms with Gasteiger partial charge >= 0.3 is 0 Å². The maximum Gasteiger partial charge on any atom is 0.247 e. The molecule has 3 amide bonds. The number of rotatable bonds is 13. The Kier molecular flexibility index (Phi) is 10.9. The van der Waals surface area contributed by atoms with Crippen molar-refractivity contribution in [2.75, 3.05) is 39.4 Å². The Hall–Kier alpha value is -3.73. The summed E-state index contributed by atoms with van der Waals surface area (Å²) in [4.78, 5) is 45.5. The first kappa shape index (κ1) is 30.2. The highest BCUT2D eigenvalue weighted by molar-refractivity contribution is 6.30. The molecule has 11 heteroatoms. The predicted molar refractivity (Wildman–Crippen MR) is 158 cm³/mol.